The highest BCUT2D eigenvalue weighted by Gasteiger charge is 2.58. The van der Waals surface area contributed by atoms with Gasteiger partial charge in [-0.05, 0) is 62.9 Å². The van der Waals surface area contributed by atoms with Crippen LogP contribution in [0.1, 0.15) is 50.9 Å². The molecule has 2 heterocycles. The number of aromatic nitrogens is 2. The molecule has 0 radical (unpaired) electrons. The van der Waals surface area contributed by atoms with Crippen molar-refractivity contribution in [1.82, 2.24) is 20.2 Å². The van der Waals surface area contributed by atoms with Gasteiger partial charge in [0, 0.05) is 35.8 Å². The third kappa shape index (κ3) is 4.18. The number of unbranched alkanes of at least 4 members (excludes halogenated alkanes) is 1. The van der Waals surface area contributed by atoms with Gasteiger partial charge in [-0.1, -0.05) is 29.8 Å². The van der Waals surface area contributed by atoms with E-state index in [9.17, 15) is 9.59 Å². The zero-order valence-electron chi connectivity index (χ0n) is 20.4. The van der Waals surface area contributed by atoms with Crippen molar-refractivity contribution in [3.8, 4) is 6.07 Å². The Morgan fingerprint density at radius 3 is 2.81 bits per heavy atom. The number of hydrogen-bond donors (Lipinski definition) is 2. The van der Waals surface area contributed by atoms with Crippen LogP contribution in [-0.4, -0.2) is 33.6 Å². The second-order valence-corrected chi connectivity index (χ2v) is 10.4. The van der Waals surface area contributed by atoms with Crippen LogP contribution in [0.4, 0.5) is 10.5 Å². The Hall–Kier alpha value is -3.57. The molecule has 1 aromatic heterocycles. The summed E-state index contributed by atoms with van der Waals surface area (Å²) >= 11 is 6.22. The minimum Gasteiger partial charge on any atom is -0.336 e. The first-order chi connectivity index (χ1) is 17.3. The lowest BCUT2D eigenvalue weighted by atomic mass is 9.62. The lowest BCUT2D eigenvalue weighted by Gasteiger charge is -2.44. The number of anilines is 1. The van der Waals surface area contributed by atoms with Crippen molar-refractivity contribution in [3.63, 3.8) is 0 Å². The molecule has 1 spiro atoms. The van der Waals surface area contributed by atoms with Crippen LogP contribution in [0.25, 0.3) is 11.0 Å². The minimum atomic E-state index is -0.632. The van der Waals surface area contributed by atoms with E-state index in [1.807, 2.05) is 61.2 Å². The summed E-state index contributed by atoms with van der Waals surface area (Å²) in [6.07, 6.45) is 2.27. The number of fused-ring (bicyclic) bond motifs is 3. The molecule has 8 nitrogen and oxygen atoms in total. The van der Waals surface area contributed by atoms with E-state index in [0.29, 0.717) is 43.8 Å². The summed E-state index contributed by atoms with van der Waals surface area (Å²) in [6, 6.07) is 15.5. The number of carbonyl (C=O) groups excluding carboxylic acids is 2. The number of nitrogens with one attached hydrogen (secondary N) is 2. The lowest BCUT2D eigenvalue weighted by molar-refractivity contribution is -0.127. The fraction of sp³-hybridized carbons (Fsp3) is 0.407. The van der Waals surface area contributed by atoms with Crippen LogP contribution in [0.15, 0.2) is 42.5 Å². The molecule has 1 aliphatic carbocycles. The predicted molar refractivity (Wildman–Crippen MR) is 139 cm³/mol. The number of hydrogen-bond acceptors (Lipinski definition) is 4. The standard InChI is InChI=1S/C27H29ClN6O2/c1-17(2)30-26(36)31-19-14-27(15-19)20-7-3-4-8-22(20)34(25(27)35)16-24-32-21-13-18(28)9-10-23(21)33(24)12-6-5-11-29/h3-4,7-10,13,17,19H,5-6,12,14-16H2,1-2H3,(H2,30,31,36). The van der Waals surface area contributed by atoms with E-state index in [1.54, 1.807) is 0 Å². The Balaban J connectivity index is 1.43. The van der Waals surface area contributed by atoms with Gasteiger partial charge in [0.05, 0.1) is 29.1 Å². The molecule has 0 unspecified atom stereocenters. The number of nitriles is 1. The molecule has 1 aliphatic heterocycles. The first kappa shape index (κ1) is 24.1. The zero-order chi connectivity index (χ0) is 25.4. The van der Waals surface area contributed by atoms with Gasteiger partial charge in [0.2, 0.25) is 5.91 Å². The van der Waals surface area contributed by atoms with Crippen LogP contribution in [0.2, 0.25) is 5.02 Å². The van der Waals surface area contributed by atoms with E-state index >= 15 is 0 Å². The van der Waals surface area contributed by atoms with Crippen LogP contribution in [0.3, 0.4) is 0 Å². The van der Waals surface area contributed by atoms with Gasteiger partial charge in [-0.3, -0.25) is 4.79 Å². The molecule has 36 heavy (non-hydrogen) atoms. The van der Waals surface area contributed by atoms with Gasteiger partial charge in [-0.25, -0.2) is 9.78 Å². The molecule has 3 aromatic rings. The fourth-order valence-electron chi connectivity index (χ4n) is 5.50. The van der Waals surface area contributed by atoms with Gasteiger partial charge < -0.3 is 20.1 Å². The summed E-state index contributed by atoms with van der Waals surface area (Å²) in [7, 11) is 0. The molecular formula is C27H29ClN6O2. The monoisotopic (exact) mass is 504 g/mol. The lowest BCUT2D eigenvalue weighted by Crippen LogP contribution is -2.59. The molecule has 5 rings (SSSR count). The largest absolute Gasteiger partial charge is 0.336 e. The van der Waals surface area contributed by atoms with Gasteiger partial charge in [-0.15, -0.1) is 0 Å². The zero-order valence-corrected chi connectivity index (χ0v) is 21.2. The van der Waals surface area contributed by atoms with E-state index in [1.165, 1.54) is 0 Å². The smallest absolute Gasteiger partial charge is 0.315 e. The average molecular weight is 505 g/mol. The van der Waals surface area contributed by atoms with Gasteiger partial charge in [0.1, 0.15) is 5.82 Å². The molecule has 0 atom stereocenters. The van der Waals surface area contributed by atoms with Crippen molar-refractivity contribution < 1.29 is 9.59 Å². The van der Waals surface area contributed by atoms with Crippen molar-refractivity contribution in [2.45, 2.75) is 70.1 Å². The molecule has 1 fully saturated rings. The molecule has 0 saturated heterocycles. The minimum absolute atomic E-state index is 0.0414. The number of para-hydroxylation sites is 1. The van der Waals surface area contributed by atoms with Crippen LogP contribution < -0.4 is 15.5 Å². The van der Waals surface area contributed by atoms with E-state index < -0.39 is 5.41 Å². The molecule has 2 aromatic carbocycles. The Morgan fingerprint density at radius 1 is 1.28 bits per heavy atom. The Kier molecular flexibility index (Phi) is 6.35. The number of nitrogens with zero attached hydrogens (tertiary/aromatic N) is 4. The first-order valence-electron chi connectivity index (χ1n) is 12.3. The van der Waals surface area contributed by atoms with E-state index in [2.05, 4.69) is 21.3 Å². The second-order valence-electron chi connectivity index (χ2n) is 9.94. The maximum Gasteiger partial charge on any atom is 0.315 e. The summed E-state index contributed by atoms with van der Waals surface area (Å²) < 4.78 is 2.09. The topological polar surface area (TPSA) is 103 Å². The number of aryl methyl sites for hydroxylation is 1. The predicted octanol–water partition coefficient (Wildman–Crippen LogP) is 4.65. The number of carbonyl (C=O) groups is 2. The molecule has 0 bridgehead atoms. The van der Waals surface area contributed by atoms with Gasteiger partial charge >= 0.3 is 6.03 Å². The maximum absolute atomic E-state index is 13.9. The van der Waals surface area contributed by atoms with Gasteiger partial charge in [-0.2, -0.15) is 5.26 Å². The average Bonchev–Trinajstić information content (AvgIpc) is 3.26. The third-order valence-electron chi connectivity index (χ3n) is 7.07. The number of imidazole rings is 1. The summed E-state index contributed by atoms with van der Waals surface area (Å²) in [5, 5.41) is 15.5. The second kappa shape index (κ2) is 9.47. The first-order valence-corrected chi connectivity index (χ1v) is 12.7. The van der Waals surface area contributed by atoms with E-state index in [-0.39, 0.29) is 24.0 Å². The van der Waals surface area contributed by atoms with Crippen molar-refractivity contribution in [2.75, 3.05) is 4.90 Å². The molecule has 2 N–H and O–H groups in total. The highest BCUT2D eigenvalue weighted by Crippen LogP contribution is 2.53. The van der Waals surface area contributed by atoms with Gasteiger partial charge in [0.25, 0.3) is 0 Å². The number of rotatable bonds is 7. The van der Waals surface area contributed by atoms with Crippen LogP contribution in [-0.2, 0) is 23.3 Å². The van der Waals surface area contributed by atoms with Gasteiger partial charge in [0.15, 0.2) is 0 Å². The number of halogens is 1. The molecule has 2 aliphatic rings. The fourth-order valence-corrected chi connectivity index (χ4v) is 5.67. The summed E-state index contributed by atoms with van der Waals surface area (Å²) in [5.74, 6) is 0.801. The number of amides is 3. The number of benzene rings is 2. The van der Waals surface area contributed by atoms with Crippen molar-refractivity contribution >= 4 is 40.3 Å². The highest BCUT2D eigenvalue weighted by molar-refractivity contribution is 6.31. The van der Waals surface area contributed by atoms with E-state index in [4.69, 9.17) is 21.8 Å². The van der Waals surface area contributed by atoms with Crippen LogP contribution in [0, 0.1) is 11.3 Å². The molecule has 186 valence electrons. The third-order valence-corrected chi connectivity index (χ3v) is 7.30. The molecular weight excluding hydrogens is 476 g/mol. The Morgan fingerprint density at radius 2 is 2.06 bits per heavy atom. The summed E-state index contributed by atoms with van der Waals surface area (Å²) in [5.41, 5.74) is 2.97. The maximum atomic E-state index is 13.9. The highest BCUT2D eigenvalue weighted by atomic mass is 35.5. The Labute approximate surface area is 215 Å². The summed E-state index contributed by atoms with van der Waals surface area (Å²) in [4.78, 5) is 32.8. The normalized spacial score (nSPS) is 20.5. The molecule has 1 saturated carbocycles. The summed E-state index contributed by atoms with van der Waals surface area (Å²) in [6.45, 7) is 4.78. The van der Waals surface area contributed by atoms with Crippen LogP contribution in [0.5, 0.6) is 0 Å². The van der Waals surface area contributed by atoms with Crippen molar-refractivity contribution in [2.24, 2.45) is 0 Å². The molecule has 9 heteroatoms. The Bertz CT molecular complexity index is 1370. The van der Waals surface area contributed by atoms with Crippen LogP contribution >= 0.6 is 11.6 Å². The quantitative estimate of drug-likeness (QED) is 0.457. The SMILES string of the molecule is CC(C)NC(=O)NC1CC2(C1)C(=O)N(Cc1nc3cc(Cl)ccc3n1CCCC#N)c1ccccc12. The molecule has 3 amide bonds. The van der Waals surface area contributed by atoms with E-state index in [0.717, 1.165) is 28.1 Å². The van der Waals surface area contributed by atoms with Crippen molar-refractivity contribution in [3.05, 3.63) is 58.9 Å². The van der Waals surface area contributed by atoms with Crippen molar-refractivity contribution in [1.29, 1.82) is 5.26 Å². The number of urea groups is 1.